The Morgan fingerprint density at radius 1 is 1.31 bits per heavy atom. The Hall–Kier alpha value is -1.71. The molecule has 0 saturated heterocycles. The Morgan fingerprint density at radius 2 is 2.06 bits per heavy atom. The fourth-order valence-electron chi connectivity index (χ4n) is 1.58. The van der Waals surface area contributed by atoms with Gasteiger partial charge in [0.05, 0.1) is 11.0 Å². The fraction of sp³-hybridized carbons (Fsp3) is 0.417. The molecule has 0 aliphatic rings. The van der Waals surface area contributed by atoms with Crippen molar-refractivity contribution in [2.75, 3.05) is 11.9 Å². The first-order valence-corrected chi connectivity index (χ1v) is 5.65. The molecule has 16 heavy (non-hydrogen) atoms. The van der Waals surface area contributed by atoms with Crippen molar-refractivity contribution < 1.29 is 0 Å². The van der Waals surface area contributed by atoms with E-state index in [1.54, 1.807) is 0 Å². The van der Waals surface area contributed by atoms with Crippen molar-refractivity contribution in [1.29, 1.82) is 0 Å². The predicted molar refractivity (Wildman–Crippen MR) is 66.9 cm³/mol. The van der Waals surface area contributed by atoms with E-state index in [9.17, 15) is 4.79 Å². The third-order valence-electron chi connectivity index (χ3n) is 2.87. The lowest BCUT2D eigenvalue weighted by atomic mass is 10.1. The second kappa shape index (κ2) is 4.43. The van der Waals surface area contributed by atoms with E-state index in [4.69, 9.17) is 0 Å². The largest absolute Gasteiger partial charge is 0.385 e. The summed E-state index contributed by atoms with van der Waals surface area (Å²) in [6, 6.07) is 5.84. The highest BCUT2D eigenvalue weighted by atomic mass is 16.1. The van der Waals surface area contributed by atoms with Crippen molar-refractivity contribution in [2.45, 2.75) is 20.3 Å². The Labute approximate surface area is 94.1 Å². The van der Waals surface area contributed by atoms with Crippen molar-refractivity contribution in [3.8, 4) is 0 Å². The summed E-state index contributed by atoms with van der Waals surface area (Å²) in [5, 5.41) is 3.36. The van der Waals surface area contributed by atoms with Gasteiger partial charge < -0.3 is 15.3 Å². The molecule has 4 heteroatoms. The molecule has 2 aromatic rings. The summed E-state index contributed by atoms with van der Waals surface area (Å²) >= 11 is 0. The highest BCUT2D eigenvalue weighted by Crippen LogP contribution is 2.15. The minimum atomic E-state index is -0.158. The van der Waals surface area contributed by atoms with Crippen LogP contribution in [-0.2, 0) is 0 Å². The van der Waals surface area contributed by atoms with Gasteiger partial charge in [-0.05, 0) is 24.1 Å². The highest BCUT2D eigenvalue weighted by molar-refractivity contribution is 5.78. The summed E-state index contributed by atoms with van der Waals surface area (Å²) in [4.78, 5) is 16.6. The van der Waals surface area contributed by atoms with Gasteiger partial charge in [-0.3, -0.25) is 0 Å². The minimum Gasteiger partial charge on any atom is -0.385 e. The van der Waals surface area contributed by atoms with Gasteiger partial charge >= 0.3 is 5.69 Å². The van der Waals surface area contributed by atoms with E-state index in [1.165, 1.54) is 0 Å². The molecule has 1 heterocycles. The normalized spacial score (nSPS) is 12.9. The van der Waals surface area contributed by atoms with Gasteiger partial charge in [-0.2, -0.15) is 0 Å². The maximum Gasteiger partial charge on any atom is 0.323 e. The summed E-state index contributed by atoms with van der Waals surface area (Å²) in [6.45, 7) is 5.35. The molecule has 0 amide bonds. The lowest BCUT2D eigenvalue weighted by molar-refractivity contribution is 0.593. The van der Waals surface area contributed by atoms with E-state index in [1.807, 2.05) is 18.2 Å². The first-order valence-electron chi connectivity index (χ1n) is 5.65. The number of benzene rings is 1. The Kier molecular flexibility index (Phi) is 2.99. The van der Waals surface area contributed by atoms with Crippen molar-refractivity contribution in [1.82, 2.24) is 9.97 Å². The Morgan fingerprint density at radius 3 is 2.81 bits per heavy atom. The van der Waals surface area contributed by atoms with Crippen LogP contribution in [0.4, 0.5) is 5.69 Å². The zero-order valence-electron chi connectivity index (χ0n) is 9.63. The zero-order valence-corrected chi connectivity index (χ0v) is 9.63. The molecule has 2 rings (SSSR count). The van der Waals surface area contributed by atoms with Crippen LogP contribution in [0, 0.1) is 5.92 Å². The topological polar surface area (TPSA) is 60.7 Å². The second-order valence-electron chi connectivity index (χ2n) is 4.23. The number of aromatic nitrogens is 2. The maximum atomic E-state index is 11.1. The molecule has 86 valence electrons. The van der Waals surface area contributed by atoms with Crippen LogP contribution in [0.25, 0.3) is 11.0 Å². The van der Waals surface area contributed by atoms with E-state index in [0.29, 0.717) is 5.92 Å². The van der Waals surface area contributed by atoms with Crippen LogP contribution in [0.3, 0.4) is 0 Å². The number of imidazole rings is 1. The number of nitrogens with one attached hydrogen (secondary N) is 3. The lowest BCUT2D eigenvalue weighted by Gasteiger charge is -2.11. The van der Waals surface area contributed by atoms with Crippen LogP contribution in [0.2, 0.25) is 0 Å². The van der Waals surface area contributed by atoms with E-state index in [2.05, 4.69) is 29.1 Å². The number of H-pyrrole nitrogens is 2. The van der Waals surface area contributed by atoms with Crippen LogP contribution in [0.1, 0.15) is 20.3 Å². The monoisotopic (exact) mass is 219 g/mol. The first-order chi connectivity index (χ1) is 7.69. The van der Waals surface area contributed by atoms with Gasteiger partial charge in [-0.15, -0.1) is 0 Å². The van der Waals surface area contributed by atoms with Crippen LogP contribution >= 0.6 is 0 Å². The second-order valence-corrected chi connectivity index (χ2v) is 4.23. The van der Waals surface area contributed by atoms with Gasteiger partial charge in [0.2, 0.25) is 0 Å². The molecule has 0 aliphatic heterocycles. The van der Waals surface area contributed by atoms with Gasteiger partial charge in [0.1, 0.15) is 0 Å². The van der Waals surface area contributed by atoms with Crippen LogP contribution in [-0.4, -0.2) is 16.5 Å². The van der Waals surface area contributed by atoms with Gasteiger partial charge in [-0.25, -0.2) is 4.79 Å². The first kappa shape index (κ1) is 10.8. The summed E-state index contributed by atoms with van der Waals surface area (Å²) in [6.07, 6.45) is 1.16. The molecule has 0 saturated carbocycles. The van der Waals surface area contributed by atoms with E-state index in [0.717, 1.165) is 29.7 Å². The molecule has 0 fully saturated rings. The van der Waals surface area contributed by atoms with Gasteiger partial charge in [0, 0.05) is 12.2 Å². The third kappa shape index (κ3) is 2.27. The number of hydrogen-bond acceptors (Lipinski definition) is 2. The van der Waals surface area contributed by atoms with Crippen LogP contribution < -0.4 is 11.0 Å². The maximum absolute atomic E-state index is 11.1. The molecule has 4 nitrogen and oxygen atoms in total. The van der Waals surface area contributed by atoms with Crippen molar-refractivity contribution in [2.24, 2.45) is 5.92 Å². The molecule has 0 spiro atoms. The van der Waals surface area contributed by atoms with Crippen LogP contribution in [0.15, 0.2) is 23.0 Å². The average Bonchev–Trinajstić information content (AvgIpc) is 2.65. The van der Waals surface area contributed by atoms with Crippen molar-refractivity contribution in [3.05, 3.63) is 28.7 Å². The summed E-state index contributed by atoms with van der Waals surface area (Å²) in [5.74, 6) is 0.654. The molecule has 1 atom stereocenters. The minimum absolute atomic E-state index is 0.158. The standard InChI is InChI=1S/C12H17N3O/c1-3-8(2)7-13-9-4-5-10-11(6-9)15-12(16)14-10/h4-6,8,13H,3,7H2,1-2H3,(H2,14,15,16). The SMILES string of the molecule is CCC(C)CNc1ccc2[nH]c(=O)[nH]c2c1. The lowest BCUT2D eigenvalue weighted by Crippen LogP contribution is -2.09. The van der Waals surface area contributed by atoms with Gasteiger partial charge in [0.15, 0.2) is 0 Å². The van der Waals surface area contributed by atoms with E-state index in [-0.39, 0.29) is 5.69 Å². The highest BCUT2D eigenvalue weighted by Gasteiger charge is 2.01. The predicted octanol–water partition coefficient (Wildman–Crippen LogP) is 2.31. The summed E-state index contributed by atoms with van der Waals surface area (Å²) < 4.78 is 0. The third-order valence-corrected chi connectivity index (χ3v) is 2.87. The molecular weight excluding hydrogens is 202 g/mol. The number of anilines is 1. The Bertz CT molecular complexity index is 526. The smallest absolute Gasteiger partial charge is 0.323 e. The van der Waals surface area contributed by atoms with Crippen LogP contribution in [0.5, 0.6) is 0 Å². The van der Waals surface area contributed by atoms with Gasteiger partial charge in [0.25, 0.3) is 0 Å². The van der Waals surface area contributed by atoms with Crippen molar-refractivity contribution in [3.63, 3.8) is 0 Å². The molecule has 0 bridgehead atoms. The molecule has 1 unspecified atom stereocenters. The Balaban J connectivity index is 2.16. The quantitative estimate of drug-likeness (QED) is 0.739. The molecule has 3 N–H and O–H groups in total. The fourth-order valence-corrected chi connectivity index (χ4v) is 1.58. The van der Waals surface area contributed by atoms with E-state index < -0.39 is 0 Å². The summed E-state index contributed by atoms with van der Waals surface area (Å²) in [7, 11) is 0. The number of hydrogen-bond donors (Lipinski definition) is 3. The molecular formula is C12H17N3O. The molecule has 1 aromatic heterocycles. The summed E-state index contributed by atoms with van der Waals surface area (Å²) in [5.41, 5.74) is 2.58. The number of aromatic amines is 2. The average molecular weight is 219 g/mol. The molecule has 0 aliphatic carbocycles. The number of fused-ring (bicyclic) bond motifs is 1. The van der Waals surface area contributed by atoms with Crippen molar-refractivity contribution >= 4 is 16.7 Å². The molecule has 0 radical (unpaired) electrons. The zero-order chi connectivity index (χ0) is 11.5. The molecule has 1 aromatic carbocycles. The van der Waals surface area contributed by atoms with Gasteiger partial charge in [-0.1, -0.05) is 20.3 Å². The van der Waals surface area contributed by atoms with E-state index >= 15 is 0 Å². The number of rotatable bonds is 4.